The Balaban J connectivity index is 2.01. The fourth-order valence-corrected chi connectivity index (χ4v) is 2.84. The second-order valence-electron chi connectivity index (χ2n) is 4.63. The Morgan fingerprint density at radius 1 is 1.29 bits per heavy atom. The fraction of sp³-hybridized carbons (Fsp3) is 0.214. The summed E-state index contributed by atoms with van der Waals surface area (Å²) in [6.07, 6.45) is 1.48. The number of benzene rings is 1. The van der Waals surface area contributed by atoms with Crippen molar-refractivity contribution in [1.29, 1.82) is 0 Å². The van der Waals surface area contributed by atoms with Crippen molar-refractivity contribution in [2.24, 2.45) is 7.05 Å². The van der Waals surface area contributed by atoms with Crippen molar-refractivity contribution in [2.75, 3.05) is 11.9 Å². The summed E-state index contributed by atoms with van der Waals surface area (Å²) in [5.74, 6) is 0.642. The molecule has 0 saturated carbocycles. The van der Waals surface area contributed by atoms with Crippen LogP contribution in [0.15, 0.2) is 41.3 Å². The van der Waals surface area contributed by atoms with Crippen molar-refractivity contribution in [2.45, 2.75) is 6.04 Å². The topological polar surface area (TPSA) is 75.9 Å². The van der Waals surface area contributed by atoms with Crippen LogP contribution in [0, 0.1) is 0 Å². The highest BCUT2D eigenvalue weighted by Gasteiger charge is 2.17. The molecule has 3 aromatic rings. The number of fused-ring (bicyclic) bond motifs is 1. The summed E-state index contributed by atoms with van der Waals surface area (Å²) in [4.78, 5) is 8.50. The molecule has 3 rings (SSSR count). The number of hydrogen-bond donors (Lipinski definition) is 2. The first kappa shape index (κ1) is 14.0. The van der Waals surface area contributed by atoms with Crippen LogP contribution >= 0.6 is 15.9 Å². The van der Waals surface area contributed by atoms with Gasteiger partial charge in [0.1, 0.15) is 16.7 Å². The third-order valence-corrected chi connectivity index (χ3v) is 3.83. The number of hydrogen-bond acceptors (Lipinski definition) is 5. The minimum Gasteiger partial charge on any atom is -0.394 e. The van der Waals surface area contributed by atoms with E-state index >= 15 is 0 Å². The van der Waals surface area contributed by atoms with Crippen LogP contribution in [0.4, 0.5) is 5.82 Å². The zero-order chi connectivity index (χ0) is 14.8. The average molecular weight is 348 g/mol. The van der Waals surface area contributed by atoms with Gasteiger partial charge in [0, 0.05) is 7.05 Å². The van der Waals surface area contributed by atoms with Gasteiger partial charge in [-0.3, -0.25) is 0 Å². The first-order valence-electron chi connectivity index (χ1n) is 6.46. The smallest absolute Gasteiger partial charge is 0.164 e. The molecular formula is C14H14BrN5O. The first-order valence-corrected chi connectivity index (χ1v) is 7.25. The van der Waals surface area contributed by atoms with E-state index in [4.69, 9.17) is 0 Å². The van der Waals surface area contributed by atoms with Crippen LogP contribution < -0.4 is 5.32 Å². The Bertz CT molecular complexity index is 759. The number of aliphatic hydroxyl groups excluding tert-OH is 1. The average Bonchev–Trinajstić information content (AvgIpc) is 2.81. The van der Waals surface area contributed by atoms with E-state index in [-0.39, 0.29) is 12.6 Å². The Kier molecular flexibility index (Phi) is 3.85. The van der Waals surface area contributed by atoms with Gasteiger partial charge in [0.2, 0.25) is 0 Å². The molecule has 21 heavy (non-hydrogen) atoms. The summed E-state index contributed by atoms with van der Waals surface area (Å²) in [6, 6.07) is 9.51. The molecule has 0 fully saturated rings. The van der Waals surface area contributed by atoms with E-state index in [0.717, 1.165) is 16.6 Å². The van der Waals surface area contributed by atoms with E-state index in [0.29, 0.717) is 10.4 Å². The second-order valence-corrected chi connectivity index (χ2v) is 5.38. The van der Waals surface area contributed by atoms with Crippen LogP contribution in [0.25, 0.3) is 11.0 Å². The lowest BCUT2D eigenvalue weighted by atomic mass is 10.1. The zero-order valence-corrected chi connectivity index (χ0v) is 12.9. The summed E-state index contributed by atoms with van der Waals surface area (Å²) < 4.78 is 2.36. The van der Waals surface area contributed by atoms with E-state index in [1.165, 1.54) is 6.33 Å². The van der Waals surface area contributed by atoms with Gasteiger partial charge in [-0.2, -0.15) is 5.10 Å². The quantitative estimate of drug-likeness (QED) is 0.757. The highest BCUT2D eigenvalue weighted by Crippen LogP contribution is 2.29. The highest BCUT2D eigenvalue weighted by molar-refractivity contribution is 9.10. The van der Waals surface area contributed by atoms with E-state index in [2.05, 4.69) is 36.3 Å². The Morgan fingerprint density at radius 3 is 2.76 bits per heavy atom. The molecule has 2 aromatic heterocycles. The molecule has 0 aliphatic carbocycles. The van der Waals surface area contributed by atoms with Crippen LogP contribution in [0.5, 0.6) is 0 Å². The van der Waals surface area contributed by atoms with Gasteiger partial charge in [-0.15, -0.1) is 0 Å². The monoisotopic (exact) mass is 347 g/mol. The molecule has 2 N–H and O–H groups in total. The summed E-state index contributed by atoms with van der Waals surface area (Å²) in [7, 11) is 1.82. The SMILES string of the molecule is Cn1nc(Br)c2c(N[C@H](CO)c3ccccc3)ncnc21. The number of nitrogens with one attached hydrogen (secondary N) is 1. The third kappa shape index (κ3) is 2.62. The van der Waals surface area contributed by atoms with Crippen LogP contribution in [0.1, 0.15) is 11.6 Å². The van der Waals surface area contributed by atoms with Crippen LogP contribution in [0.3, 0.4) is 0 Å². The van der Waals surface area contributed by atoms with Crippen molar-refractivity contribution in [3.8, 4) is 0 Å². The van der Waals surface area contributed by atoms with Gasteiger partial charge in [-0.1, -0.05) is 30.3 Å². The first-order chi connectivity index (χ1) is 10.2. The van der Waals surface area contributed by atoms with Gasteiger partial charge in [0.25, 0.3) is 0 Å². The van der Waals surface area contributed by atoms with Crippen LogP contribution in [-0.4, -0.2) is 31.5 Å². The van der Waals surface area contributed by atoms with Gasteiger partial charge in [0.05, 0.1) is 18.0 Å². The summed E-state index contributed by atoms with van der Waals surface area (Å²) in [5, 5.41) is 18.0. The molecule has 0 saturated heterocycles. The van der Waals surface area contributed by atoms with Crippen molar-refractivity contribution < 1.29 is 5.11 Å². The molecule has 0 bridgehead atoms. The van der Waals surface area contributed by atoms with Gasteiger partial charge in [-0.25, -0.2) is 14.6 Å². The van der Waals surface area contributed by atoms with Gasteiger partial charge >= 0.3 is 0 Å². The minimum atomic E-state index is -0.239. The predicted molar refractivity (Wildman–Crippen MR) is 83.9 cm³/mol. The molecule has 2 heterocycles. The lowest BCUT2D eigenvalue weighted by Crippen LogP contribution is -2.16. The normalized spacial score (nSPS) is 12.5. The molecule has 0 spiro atoms. The molecule has 1 atom stereocenters. The summed E-state index contributed by atoms with van der Waals surface area (Å²) in [6.45, 7) is -0.0343. The number of aliphatic hydroxyl groups is 1. The molecule has 7 heteroatoms. The summed E-state index contributed by atoms with van der Waals surface area (Å²) in [5.41, 5.74) is 1.72. The molecule has 0 aliphatic heterocycles. The molecule has 0 unspecified atom stereocenters. The largest absolute Gasteiger partial charge is 0.394 e. The molecule has 108 valence electrons. The second kappa shape index (κ2) is 5.79. The number of nitrogens with zero attached hydrogens (tertiary/aromatic N) is 4. The maximum atomic E-state index is 9.65. The number of halogens is 1. The van der Waals surface area contributed by atoms with E-state index < -0.39 is 0 Å². The van der Waals surface area contributed by atoms with Crippen molar-refractivity contribution >= 4 is 32.8 Å². The number of anilines is 1. The van der Waals surface area contributed by atoms with Crippen molar-refractivity contribution in [3.63, 3.8) is 0 Å². The molecule has 1 aromatic carbocycles. The summed E-state index contributed by atoms with van der Waals surface area (Å²) >= 11 is 3.42. The lowest BCUT2D eigenvalue weighted by molar-refractivity contribution is 0.276. The van der Waals surface area contributed by atoms with E-state index in [1.807, 2.05) is 37.4 Å². The van der Waals surface area contributed by atoms with E-state index in [9.17, 15) is 5.11 Å². The maximum absolute atomic E-state index is 9.65. The number of aromatic nitrogens is 4. The highest BCUT2D eigenvalue weighted by atomic mass is 79.9. The Hall–Kier alpha value is -1.99. The van der Waals surface area contributed by atoms with Crippen LogP contribution in [-0.2, 0) is 7.05 Å². The predicted octanol–water partition coefficient (Wildman–Crippen LogP) is 2.27. The molecular weight excluding hydrogens is 334 g/mol. The third-order valence-electron chi connectivity index (χ3n) is 3.27. The lowest BCUT2D eigenvalue weighted by Gasteiger charge is -2.17. The van der Waals surface area contributed by atoms with Crippen LogP contribution in [0.2, 0.25) is 0 Å². The fourth-order valence-electron chi connectivity index (χ4n) is 2.23. The van der Waals surface area contributed by atoms with Gasteiger partial charge in [0.15, 0.2) is 5.65 Å². The molecule has 0 aliphatic rings. The number of rotatable bonds is 4. The molecule has 0 radical (unpaired) electrons. The van der Waals surface area contributed by atoms with Gasteiger partial charge < -0.3 is 10.4 Å². The molecule has 0 amide bonds. The minimum absolute atomic E-state index is 0.0343. The Morgan fingerprint density at radius 2 is 2.05 bits per heavy atom. The Labute approximate surface area is 130 Å². The zero-order valence-electron chi connectivity index (χ0n) is 11.4. The standard InChI is InChI=1S/C14H14BrN5O/c1-20-14-11(12(15)19-20)13(16-8-17-14)18-10(7-21)9-5-3-2-4-6-9/h2-6,8,10,21H,7H2,1H3,(H,16,17,18)/t10-/m1/s1. The van der Waals surface area contributed by atoms with Crippen molar-refractivity contribution in [1.82, 2.24) is 19.7 Å². The maximum Gasteiger partial charge on any atom is 0.164 e. The van der Waals surface area contributed by atoms with E-state index in [1.54, 1.807) is 4.68 Å². The van der Waals surface area contributed by atoms with Crippen molar-refractivity contribution in [3.05, 3.63) is 46.8 Å². The van der Waals surface area contributed by atoms with Gasteiger partial charge in [-0.05, 0) is 21.5 Å². The number of aryl methyl sites for hydroxylation is 1. The molecule has 6 nitrogen and oxygen atoms in total.